The summed E-state index contributed by atoms with van der Waals surface area (Å²) in [5.74, 6) is -0.912. The number of benzene rings is 3. The molecule has 1 aliphatic rings. The zero-order valence-electron chi connectivity index (χ0n) is 22.8. The van der Waals surface area contributed by atoms with Crippen molar-refractivity contribution in [3.63, 3.8) is 0 Å². The maximum atomic E-state index is 13.1. The summed E-state index contributed by atoms with van der Waals surface area (Å²) < 4.78 is 24.3. The monoisotopic (exact) mass is 565 g/mol. The summed E-state index contributed by atoms with van der Waals surface area (Å²) >= 11 is 0. The lowest BCUT2D eigenvalue weighted by molar-refractivity contribution is -0.139. The van der Waals surface area contributed by atoms with E-state index in [1.807, 2.05) is 62.4 Å². The van der Waals surface area contributed by atoms with Crippen LogP contribution in [0.25, 0.3) is 11.1 Å². The van der Waals surface area contributed by atoms with Gasteiger partial charge in [-0.05, 0) is 52.8 Å². The number of nitrogens with one attached hydrogen (secondary N) is 3. The normalized spacial score (nSPS) is 13.2. The van der Waals surface area contributed by atoms with Crippen LogP contribution < -0.4 is 20.0 Å². The number of amides is 1. The molecule has 0 heterocycles. The van der Waals surface area contributed by atoms with E-state index >= 15 is 0 Å². The second kappa shape index (κ2) is 13.6. The molecular weight excluding hydrogens is 529 g/mol. The first-order valence-corrected chi connectivity index (χ1v) is 15.2. The Kier molecular flexibility index (Phi) is 9.98. The second-order valence-electron chi connectivity index (χ2n) is 9.67. The van der Waals surface area contributed by atoms with Crippen LogP contribution in [0.1, 0.15) is 49.3 Å². The number of carbonyl (C=O) groups is 2. The Morgan fingerprint density at radius 1 is 0.875 bits per heavy atom. The van der Waals surface area contributed by atoms with E-state index in [2.05, 4.69) is 15.5 Å². The number of hydrogen-bond donors (Lipinski definition) is 4. The molecule has 10 heteroatoms. The van der Waals surface area contributed by atoms with Crippen molar-refractivity contribution >= 4 is 19.7 Å². The Morgan fingerprint density at radius 2 is 1.43 bits per heavy atom. The summed E-state index contributed by atoms with van der Waals surface area (Å²) in [6, 6.07) is 21.5. The molecule has 4 rings (SSSR count). The maximum Gasteiger partial charge on any atom is 0.407 e. The number of carboxylic acid groups (broad SMARTS) is 1. The number of hydrogen-bond acceptors (Lipinski definition) is 5. The van der Waals surface area contributed by atoms with Crippen LogP contribution in [-0.2, 0) is 20.5 Å². The van der Waals surface area contributed by atoms with Crippen molar-refractivity contribution in [2.75, 3.05) is 19.7 Å². The molecule has 212 valence electrons. The summed E-state index contributed by atoms with van der Waals surface area (Å²) in [6.45, 7) is 5.11. The molecule has 1 aliphatic carbocycles. The lowest BCUT2D eigenvalue weighted by Crippen LogP contribution is -2.42. The van der Waals surface area contributed by atoms with Gasteiger partial charge in [0.25, 0.3) is 0 Å². The summed E-state index contributed by atoms with van der Waals surface area (Å²) in [5, 5.41) is 18.1. The van der Waals surface area contributed by atoms with Gasteiger partial charge in [0.2, 0.25) is 0 Å². The minimum absolute atomic E-state index is 0.0413. The number of rotatable bonds is 14. The topological polar surface area (TPSA) is 126 Å². The van der Waals surface area contributed by atoms with Gasteiger partial charge in [-0.15, -0.1) is 0 Å². The lowest BCUT2D eigenvalue weighted by Gasteiger charge is -2.21. The van der Waals surface area contributed by atoms with Crippen LogP contribution in [0.3, 0.4) is 0 Å². The highest BCUT2D eigenvalue weighted by molar-refractivity contribution is 7.55. The highest BCUT2D eigenvalue weighted by Gasteiger charge is 2.30. The van der Waals surface area contributed by atoms with Crippen LogP contribution in [0.4, 0.5) is 4.79 Å². The second-order valence-corrected chi connectivity index (χ2v) is 11.6. The van der Waals surface area contributed by atoms with Gasteiger partial charge < -0.3 is 19.7 Å². The number of ether oxygens (including phenoxy) is 1. The molecule has 0 bridgehead atoms. The zero-order valence-corrected chi connectivity index (χ0v) is 23.7. The van der Waals surface area contributed by atoms with E-state index in [4.69, 9.17) is 9.26 Å². The minimum Gasteiger partial charge on any atom is -0.480 e. The van der Waals surface area contributed by atoms with Crippen molar-refractivity contribution in [2.24, 2.45) is 0 Å². The molecule has 0 saturated heterocycles. The SMILES string of the molecule is CCCNP(=O)(NCCC)Oc1ccc(C[C@H](NC(=O)OCC2c3ccccc3-c3ccccc32)C(=O)O)cc1. The van der Waals surface area contributed by atoms with Gasteiger partial charge in [-0.1, -0.05) is 74.5 Å². The quantitative estimate of drug-likeness (QED) is 0.183. The third-order valence-corrected chi connectivity index (χ3v) is 8.42. The molecular formula is C30H36N3O6P. The number of carboxylic acids is 1. The maximum absolute atomic E-state index is 13.1. The highest BCUT2D eigenvalue weighted by Crippen LogP contribution is 2.44. The molecule has 0 radical (unpaired) electrons. The fourth-order valence-electron chi connectivity index (χ4n) is 4.69. The van der Waals surface area contributed by atoms with Crippen LogP contribution in [0.2, 0.25) is 0 Å². The molecule has 1 amide bonds. The number of carbonyl (C=O) groups excluding carboxylic acids is 1. The first kappa shape index (κ1) is 29.3. The van der Waals surface area contributed by atoms with Crippen molar-refractivity contribution in [3.8, 4) is 16.9 Å². The molecule has 3 aromatic carbocycles. The lowest BCUT2D eigenvalue weighted by atomic mass is 9.98. The number of aliphatic carboxylic acids is 1. The predicted octanol–water partition coefficient (Wildman–Crippen LogP) is 5.71. The molecule has 4 N–H and O–H groups in total. The van der Waals surface area contributed by atoms with Crippen molar-refractivity contribution < 1.29 is 28.5 Å². The van der Waals surface area contributed by atoms with E-state index in [1.165, 1.54) is 0 Å². The van der Waals surface area contributed by atoms with Gasteiger partial charge in [-0.2, -0.15) is 0 Å². The minimum atomic E-state index is -3.28. The summed E-state index contributed by atoms with van der Waals surface area (Å²) in [5.41, 5.74) is 5.04. The van der Waals surface area contributed by atoms with Gasteiger partial charge in [0.15, 0.2) is 0 Å². The highest BCUT2D eigenvalue weighted by atomic mass is 31.2. The molecule has 0 fully saturated rings. The van der Waals surface area contributed by atoms with Gasteiger partial charge in [0, 0.05) is 25.4 Å². The average Bonchev–Trinajstić information content (AvgIpc) is 3.28. The largest absolute Gasteiger partial charge is 0.480 e. The molecule has 0 aromatic heterocycles. The standard InChI is InChI=1S/C30H36N3O6P/c1-3-17-31-40(37,32-18-4-2)39-22-15-13-21(14-16-22)19-28(29(34)35)33-30(36)38-20-27-25-11-7-5-9-23(25)24-10-6-8-12-26(24)27/h5-16,27-28H,3-4,17-20H2,1-2H3,(H,33,36)(H,34,35)(H2,31,32,37)/t28-/m0/s1. The van der Waals surface area contributed by atoms with E-state index in [0.29, 0.717) is 24.4 Å². The fourth-order valence-corrected chi connectivity index (χ4v) is 6.39. The molecule has 0 saturated carbocycles. The van der Waals surface area contributed by atoms with Crippen LogP contribution in [0.5, 0.6) is 5.75 Å². The van der Waals surface area contributed by atoms with Crippen LogP contribution in [0.15, 0.2) is 72.8 Å². The van der Waals surface area contributed by atoms with Crippen molar-refractivity contribution in [1.29, 1.82) is 0 Å². The molecule has 3 aromatic rings. The predicted molar refractivity (Wildman–Crippen MR) is 155 cm³/mol. The Bertz CT molecular complexity index is 1310. The Hall–Kier alpha value is -3.65. The first-order chi connectivity index (χ1) is 19.3. The van der Waals surface area contributed by atoms with E-state index in [9.17, 15) is 19.3 Å². The van der Waals surface area contributed by atoms with Crippen molar-refractivity contribution in [1.82, 2.24) is 15.5 Å². The molecule has 1 atom stereocenters. The van der Waals surface area contributed by atoms with Crippen LogP contribution >= 0.6 is 7.67 Å². The molecule has 40 heavy (non-hydrogen) atoms. The van der Waals surface area contributed by atoms with E-state index in [-0.39, 0.29) is 18.9 Å². The van der Waals surface area contributed by atoms with Crippen LogP contribution in [-0.4, -0.2) is 42.9 Å². The molecule has 0 unspecified atom stereocenters. The van der Waals surface area contributed by atoms with Gasteiger partial charge >= 0.3 is 19.7 Å². The van der Waals surface area contributed by atoms with Gasteiger partial charge in [-0.25, -0.2) is 24.3 Å². The summed E-state index contributed by atoms with van der Waals surface area (Å²) in [6.07, 6.45) is 0.847. The van der Waals surface area contributed by atoms with Gasteiger partial charge in [0.05, 0.1) is 0 Å². The molecule has 0 aliphatic heterocycles. The third-order valence-electron chi connectivity index (χ3n) is 6.67. The Labute approximate surface area is 234 Å². The third kappa shape index (κ3) is 7.30. The van der Waals surface area contributed by atoms with Crippen molar-refractivity contribution in [2.45, 2.75) is 45.1 Å². The zero-order chi connectivity index (χ0) is 28.5. The van der Waals surface area contributed by atoms with Gasteiger partial charge in [0.1, 0.15) is 18.4 Å². The van der Waals surface area contributed by atoms with Crippen LogP contribution in [0, 0.1) is 0 Å². The smallest absolute Gasteiger partial charge is 0.407 e. The van der Waals surface area contributed by atoms with E-state index in [0.717, 1.165) is 35.1 Å². The Morgan fingerprint density at radius 3 is 1.95 bits per heavy atom. The van der Waals surface area contributed by atoms with E-state index in [1.54, 1.807) is 24.3 Å². The molecule has 0 spiro atoms. The molecule has 9 nitrogen and oxygen atoms in total. The van der Waals surface area contributed by atoms with E-state index < -0.39 is 25.8 Å². The summed E-state index contributed by atoms with van der Waals surface area (Å²) in [7, 11) is -3.28. The fraction of sp³-hybridized carbons (Fsp3) is 0.333. The first-order valence-electron chi connectivity index (χ1n) is 13.6. The number of alkyl carbamates (subject to hydrolysis) is 1. The number of fused-ring (bicyclic) bond motifs is 3. The summed E-state index contributed by atoms with van der Waals surface area (Å²) in [4.78, 5) is 24.6. The Balaban J connectivity index is 1.35. The van der Waals surface area contributed by atoms with Gasteiger partial charge in [-0.3, -0.25) is 0 Å². The average molecular weight is 566 g/mol. The van der Waals surface area contributed by atoms with Crippen molar-refractivity contribution in [3.05, 3.63) is 89.5 Å².